The summed E-state index contributed by atoms with van der Waals surface area (Å²) >= 11 is 0. The predicted molar refractivity (Wildman–Crippen MR) is 97.1 cm³/mol. The van der Waals surface area contributed by atoms with Gasteiger partial charge in [0, 0.05) is 24.0 Å². The van der Waals surface area contributed by atoms with Crippen molar-refractivity contribution in [3.63, 3.8) is 0 Å². The van der Waals surface area contributed by atoms with Crippen LogP contribution >= 0.6 is 0 Å². The average Bonchev–Trinajstić information content (AvgIpc) is 3.07. The summed E-state index contributed by atoms with van der Waals surface area (Å²) in [6.45, 7) is 0.319. The van der Waals surface area contributed by atoms with Crippen molar-refractivity contribution in [3.8, 4) is 23.0 Å². The van der Waals surface area contributed by atoms with Crippen LogP contribution in [0.15, 0.2) is 24.3 Å². The van der Waals surface area contributed by atoms with Crippen LogP contribution in [0.4, 0.5) is 0 Å². The largest absolute Gasteiger partial charge is 0.493 e. The Bertz CT molecular complexity index is 905. The molecule has 2 unspecified atom stereocenters. The van der Waals surface area contributed by atoms with E-state index < -0.39 is 0 Å². The van der Waals surface area contributed by atoms with Crippen LogP contribution in [0.5, 0.6) is 23.0 Å². The Kier molecular flexibility index (Phi) is 3.23. The van der Waals surface area contributed by atoms with Crippen LogP contribution in [0.25, 0.3) is 0 Å². The summed E-state index contributed by atoms with van der Waals surface area (Å²) in [7, 11) is 8.07. The van der Waals surface area contributed by atoms with Crippen LogP contribution in [0.2, 0.25) is 0 Å². The van der Waals surface area contributed by atoms with E-state index in [0.29, 0.717) is 18.9 Å². The second-order valence-electron chi connectivity index (χ2n) is 7.88. The van der Waals surface area contributed by atoms with E-state index in [1.165, 1.54) is 22.3 Å². The minimum Gasteiger partial charge on any atom is -0.493 e. The molecule has 3 heterocycles. The number of ether oxygens (including phenoxy) is 4. The van der Waals surface area contributed by atoms with E-state index in [-0.39, 0.29) is 0 Å². The first-order valence-corrected chi connectivity index (χ1v) is 9.03. The Morgan fingerprint density at radius 3 is 2.00 bits per heavy atom. The molecular weight excluding hydrogens is 330 g/mol. The number of rotatable bonds is 2. The van der Waals surface area contributed by atoms with Gasteiger partial charge in [-0.15, -0.1) is 0 Å². The minimum absolute atomic E-state index is 0.319. The van der Waals surface area contributed by atoms with Gasteiger partial charge in [0.25, 0.3) is 0 Å². The van der Waals surface area contributed by atoms with Gasteiger partial charge >= 0.3 is 0 Å². The Morgan fingerprint density at radius 1 is 0.808 bits per heavy atom. The molecule has 3 aliphatic rings. The molecule has 5 nitrogen and oxygen atoms in total. The van der Waals surface area contributed by atoms with Crippen molar-refractivity contribution in [2.24, 2.45) is 0 Å². The van der Waals surface area contributed by atoms with Gasteiger partial charge in [0.15, 0.2) is 23.0 Å². The lowest BCUT2D eigenvalue weighted by molar-refractivity contribution is -0.955. The second kappa shape index (κ2) is 5.30. The molecule has 0 aromatic heterocycles. The molecule has 2 aromatic rings. The molecule has 0 N–H and O–H groups in total. The highest BCUT2D eigenvalue weighted by Gasteiger charge is 2.49. The zero-order chi connectivity index (χ0) is 18.1. The van der Waals surface area contributed by atoms with Crippen LogP contribution in [0, 0.1) is 0 Å². The van der Waals surface area contributed by atoms with Gasteiger partial charge in [0.1, 0.15) is 12.1 Å². The standard InChI is InChI=1S/C21H24NO4/c1-22(2)16-6-13-8-20-21(26-11-25-20)10-15(13)17(22)5-12-7-18(23-3)19(24-4)9-14(12)16/h7-10,16-17H,5-6,11H2,1-4H3/q+1. The monoisotopic (exact) mass is 354 g/mol. The molecule has 0 fully saturated rings. The third-order valence-electron chi connectivity index (χ3n) is 6.43. The van der Waals surface area contributed by atoms with E-state index >= 15 is 0 Å². The van der Waals surface area contributed by atoms with E-state index in [2.05, 4.69) is 38.4 Å². The summed E-state index contributed by atoms with van der Waals surface area (Å²) in [5.41, 5.74) is 5.49. The molecule has 0 spiro atoms. The first kappa shape index (κ1) is 15.8. The summed E-state index contributed by atoms with van der Waals surface area (Å²) in [5.74, 6) is 3.37. The lowest BCUT2D eigenvalue weighted by Gasteiger charge is -2.52. The second-order valence-corrected chi connectivity index (χ2v) is 7.88. The van der Waals surface area contributed by atoms with Gasteiger partial charge in [-0.05, 0) is 35.4 Å². The van der Waals surface area contributed by atoms with E-state index in [1.807, 2.05) is 0 Å². The van der Waals surface area contributed by atoms with Crippen LogP contribution in [0.3, 0.4) is 0 Å². The Balaban J connectivity index is 1.68. The molecule has 0 saturated heterocycles. The number of benzene rings is 2. The van der Waals surface area contributed by atoms with Crippen molar-refractivity contribution in [1.29, 1.82) is 0 Å². The first-order chi connectivity index (χ1) is 12.5. The fourth-order valence-electron chi connectivity index (χ4n) is 4.95. The highest BCUT2D eigenvalue weighted by molar-refractivity contribution is 5.54. The number of methoxy groups -OCH3 is 2. The summed E-state index contributed by atoms with van der Waals surface area (Å²) in [5, 5.41) is 0. The molecule has 3 aliphatic heterocycles. The van der Waals surface area contributed by atoms with Crippen molar-refractivity contribution < 1.29 is 23.4 Å². The zero-order valence-electron chi connectivity index (χ0n) is 15.7. The van der Waals surface area contributed by atoms with Gasteiger partial charge in [0.05, 0.1) is 28.3 Å². The van der Waals surface area contributed by atoms with E-state index in [0.717, 1.165) is 40.3 Å². The summed E-state index contributed by atoms with van der Waals surface area (Å²) < 4.78 is 23.3. The summed E-state index contributed by atoms with van der Waals surface area (Å²) in [6.07, 6.45) is 1.96. The lowest BCUT2D eigenvalue weighted by Crippen LogP contribution is -2.53. The molecule has 0 radical (unpaired) electrons. The van der Waals surface area contributed by atoms with Gasteiger partial charge in [-0.25, -0.2) is 0 Å². The Morgan fingerprint density at radius 2 is 1.35 bits per heavy atom. The van der Waals surface area contributed by atoms with E-state index in [1.54, 1.807) is 14.2 Å². The molecule has 2 aromatic carbocycles. The predicted octanol–water partition coefficient (Wildman–Crippen LogP) is 3.40. The zero-order valence-corrected chi connectivity index (χ0v) is 15.7. The van der Waals surface area contributed by atoms with Gasteiger partial charge in [-0.1, -0.05) is 0 Å². The number of quaternary nitrogens is 1. The lowest BCUT2D eigenvalue weighted by atomic mass is 9.75. The Hall–Kier alpha value is -2.40. The molecule has 0 saturated carbocycles. The van der Waals surface area contributed by atoms with Crippen molar-refractivity contribution in [2.75, 3.05) is 35.1 Å². The van der Waals surface area contributed by atoms with Gasteiger partial charge < -0.3 is 23.4 Å². The highest BCUT2D eigenvalue weighted by atomic mass is 16.7. The molecule has 5 rings (SSSR count). The molecule has 136 valence electrons. The molecule has 5 heteroatoms. The van der Waals surface area contributed by atoms with Crippen LogP contribution < -0.4 is 18.9 Å². The van der Waals surface area contributed by atoms with Crippen LogP contribution in [-0.2, 0) is 12.8 Å². The number of hydrogen-bond donors (Lipinski definition) is 0. The fourth-order valence-corrected chi connectivity index (χ4v) is 4.95. The molecular formula is C21H24NO4+. The number of nitrogens with zero attached hydrogens (tertiary/aromatic N) is 1. The SMILES string of the molecule is COc1cc2c(cc1OC)C1Cc3cc4c(cc3C(C2)[N+]1(C)C)OCO4. The maximum Gasteiger partial charge on any atom is 0.231 e. The molecule has 26 heavy (non-hydrogen) atoms. The quantitative estimate of drug-likeness (QED) is 0.775. The molecule has 2 atom stereocenters. The van der Waals surface area contributed by atoms with Crippen molar-refractivity contribution >= 4 is 0 Å². The first-order valence-electron chi connectivity index (χ1n) is 9.03. The van der Waals surface area contributed by atoms with Gasteiger partial charge in [0.2, 0.25) is 6.79 Å². The summed E-state index contributed by atoms with van der Waals surface area (Å²) in [4.78, 5) is 0. The van der Waals surface area contributed by atoms with E-state index in [4.69, 9.17) is 18.9 Å². The topological polar surface area (TPSA) is 36.9 Å². The van der Waals surface area contributed by atoms with Crippen LogP contribution in [-0.4, -0.2) is 39.6 Å². The third-order valence-corrected chi connectivity index (χ3v) is 6.43. The molecule has 0 aliphatic carbocycles. The van der Waals surface area contributed by atoms with Crippen molar-refractivity contribution in [2.45, 2.75) is 24.9 Å². The maximum absolute atomic E-state index is 5.64. The number of likely N-dealkylation sites (N-methyl/N-ethyl adjacent to an activating group) is 1. The summed E-state index contributed by atoms with van der Waals surface area (Å²) in [6, 6.07) is 9.49. The van der Waals surface area contributed by atoms with Crippen molar-refractivity contribution in [1.82, 2.24) is 0 Å². The fraction of sp³-hybridized carbons (Fsp3) is 0.429. The molecule has 2 bridgehead atoms. The Labute approximate surface area is 153 Å². The average molecular weight is 354 g/mol. The van der Waals surface area contributed by atoms with Gasteiger partial charge in [-0.2, -0.15) is 0 Å². The van der Waals surface area contributed by atoms with E-state index in [9.17, 15) is 0 Å². The third kappa shape index (κ3) is 2.01. The van der Waals surface area contributed by atoms with Crippen LogP contribution in [0.1, 0.15) is 34.3 Å². The smallest absolute Gasteiger partial charge is 0.231 e. The van der Waals surface area contributed by atoms with Crippen molar-refractivity contribution in [3.05, 3.63) is 46.5 Å². The number of hydrogen-bond acceptors (Lipinski definition) is 4. The highest BCUT2D eigenvalue weighted by Crippen LogP contribution is 2.54. The maximum atomic E-state index is 5.64. The normalized spacial score (nSPS) is 23.8. The van der Waals surface area contributed by atoms with Gasteiger partial charge in [-0.3, -0.25) is 0 Å². The minimum atomic E-state index is 0.319. The molecule has 0 amide bonds. The number of fused-ring (bicyclic) bond motifs is 7.